The third-order valence-electron chi connectivity index (χ3n) is 1.77. The van der Waals surface area contributed by atoms with Crippen molar-refractivity contribution in [3.8, 4) is 0 Å². The molecule has 75 valence electrons. The molecule has 0 atom stereocenters. The summed E-state index contributed by atoms with van der Waals surface area (Å²) in [7, 11) is 0. The molecular formula is C9H8BrNNaO3. The summed E-state index contributed by atoms with van der Waals surface area (Å²) in [6.45, 7) is 1.75. The molecule has 0 saturated carbocycles. The van der Waals surface area contributed by atoms with Crippen LogP contribution in [0.15, 0.2) is 16.6 Å². The number of carbonyl (C=O) groups excluding carboxylic acids is 1. The van der Waals surface area contributed by atoms with Crippen LogP contribution in [0, 0.1) is 6.92 Å². The number of anilines is 1. The van der Waals surface area contributed by atoms with Gasteiger partial charge >= 0.3 is 5.97 Å². The van der Waals surface area contributed by atoms with E-state index in [0.717, 1.165) is 10.0 Å². The van der Waals surface area contributed by atoms with E-state index in [4.69, 9.17) is 10.8 Å². The van der Waals surface area contributed by atoms with E-state index in [-0.39, 0.29) is 40.8 Å². The molecule has 0 aromatic heterocycles. The van der Waals surface area contributed by atoms with Gasteiger partial charge in [0.15, 0.2) is 0 Å². The Bertz CT molecular complexity index is 420. The molecular weight excluding hydrogens is 273 g/mol. The van der Waals surface area contributed by atoms with Crippen molar-refractivity contribution in [1.82, 2.24) is 0 Å². The molecule has 0 amide bonds. The Balaban J connectivity index is 0.00000196. The number of ketones is 1. The molecule has 6 heteroatoms. The minimum Gasteiger partial charge on any atom is -0.475 e. The predicted molar refractivity (Wildman–Crippen MR) is 61.0 cm³/mol. The van der Waals surface area contributed by atoms with Crippen LogP contribution in [0.5, 0.6) is 0 Å². The fourth-order valence-corrected chi connectivity index (χ4v) is 1.37. The van der Waals surface area contributed by atoms with Crippen LogP contribution in [0.25, 0.3) is 0 Å². The van der Waals surface area contributed by atoms with Crippen LogP contribution >= 0.6 is 15.9 Å². The summed E-state index contributed by atoms with van der Waals surface area (Å²) in [4.78, 5) is 21.6. The van der Waals surface area contributed by atoms with Crippen molar-refractivity contribution < 1.29 is 14.7 Å². The van der Waals surface area contributed by atoms with Crippen molar-refractivity contribution in [3.05, 3.63) is 27.7 Å². The molecule has 0 unspecified atom stereocenters. The average Bonchev–Trinajstić information content (AvgIpc) is 2.10. The fourth-order valence-electron chi connectivity index (χ4n) is 1.01. The first-order valence-electron chi connectivity index (χ1n) is 3.76. The van der Waals surface area contributed by atoms with E-state index in [1.165, 1.54) is 12.1 Å². The Morgan fingerprint density at radius 2 is 1.93 bits per heavy atom. The zero-order chi connectivity index (χ0) is 10.9. The second-order valence-corrected chi connectivity index (χ2v) is 3.68. The number of nitrogen functional groups attached to an aromatic ring is 1. The van der Waals surface area contributed by atoms with Crippen molar-refractivity contribution in [3.63, 3.8) is 0 Å². The van der Waals surface area contributed by atoms with Gasteiger partial charge < -0.3 is 10.8 Å². The van der Waals surface area contributed by atoms with Crippen molar-refractivity contribution in [1.29, 1.82) is 0 Å². The second-order valence-electron chi connectivity index (χ2n) is 2.82. The average molecular weight is 281 g/mol. The number of aryl methyl sites for hydroxylation is 1. The van der Waals surface area contributed by atoms with Gasteiger partial charge in [0.25, 0.3) is 5.78 Å². The maximum Gasteiger partial charge on any atom is 0.377 e. The van der Waals surface area contributed by atoms with Crippen LogP contribution in [-0.4, -0.2) is 46.4 Å². The first-order valence-corrected chi connectivity index (χ1v) is 4.56. The number of carboxylic acid groups (broad SMARTS) is 1. The number of hydrogen-bond acceptors (Lipinski definition) is 3. The number of benzene rings is 1. The molecule has 0 aliphatic rings. The van der Waals surface area contributed by atoms with Crippen LogP contribution in [-0.2, 0) is 4.79 Å². The van der Waals surface area contributed by atoms with E-state index >= 15 is 0 Å². The molecule has 0 heterocycles. The summed E-state index contributed by atoms with van der Waals surface area (Å²) in [5, 5.41) is 8.50. The third-order valence-corrected chi connectivity index (χ3v) is 2.62. The zero-order valence-corrected chi connectivity index (χ0v) is 12.0. The van der Waals surface area contributed by atoms with E-state index < -0.39 is 11.8 Å². The quantitative estimate of drug-likeness (QED) is 0.370. The molecule has 0 saturated heterocycles. The number of Topliss-reactive ketones (excluding diaryl/α,β-unsaturated/α-hetero) is 1. The monoisotopic (exact) mass is 280 g/mol. The first-order chi connectivity index (χ1) is 6.43. The van der Waals surface area contributed by atoms with Gasteiger partial charge in [-0.2, -0.15) is 0 Å². The number of carboxylic acids is 1. The Hall–Kier alpha value is -0.360. The van der Waals surface area contributed by atoms with Gasteiger partial charge in [-0.15, -0.1) is 0 Å². The molecule has 1 rings (SSSR count). The molecule has 15 heavy (non-hydrogen) atoms. The smallest absolute Gasteiger partial charge is 0.377 e. The minimum absolute atomic E-state index is 0. The predicted octanol–water partition coefficient (Wildman–Crippen LogP) is 1.23. The van der Waals surface area contributed by atoms with Gasteiger partial charge in [-0.3, -0.25) is 4.79 Å². The van der Waals surface area contributed by atoms with E-state index in [1.54, 1.807) is 6.92 Å². The topological polar surface area (TPSA) is 80.4 Å². The Labute approximate surface area is 117 Å². The normalized spacial score (nSPS) is 9.20. The van der Waals surface area contributed by atoms with Gasteiger partial charge in [0.2, 0.25) is 0 Å². The van der Waals surface area contributed by atoms with Crippen LogP contribution in [0.3, 0.4) is 0 Å². The van der Waals surface area contributed by atoms with Gasteiger partial charge in [0, 0.05) is 39.7 Å². The molecule has 0 aliphatic carbocycles. The van der Waals surface area contributed by atoms with E-state index in [2.05, 4.69) is 15.9 Å². The van der Waals surface area contributed by atoms with Crippen molar-refractivity contribution >= 4 is 62.9 Å². The van der Waals surface area contributed by atoms with E-state index in [1.807, 2.05) is 0 Å². The maximum atomic E-state index is 11.1. The van der Waals surface area contributed by atoms with Gasteiger partial charge in [-0.25, -0.2) is 4.79 Å². The summed E-state index contributed by atoms with van der Waals surface area (Å²) in [5.41, 5.74) is 6.47. The number of nitrogens with two attached hydrogens (primary N) is 1. The Morgan fingerprint density at radius 3 is 2.40 bits per heavy atom. The number of rotatable bonds is 2. The number of hydrogen-bond donors (Lipinski definition) is 2. The number of halogens is 1. The maximum absolute atomic E-state index is 11.1. The summed E-state index contributed by atoms with van der Waals surface area (Å²) >= 11 is 3.23. The van der Waals surface area contributed by atoms with Crippen molar-refractivity contribution in [2.24, 2.45) is 0 Å². The van der Waals surface area contributed by atoms with Crippen molar-refractivity contribution in [2.45, 2.75) is 6.92 Å². The molecule has 1 aromatic rings. The van der Waals surface area contributed by atoms with E-state index in [0.29, 0.717) is 0 Å². The fraction of sp³-hybridized carbons (Fsp3) is 0.111. The van der Waals surface area contributed by atoms with E-state index in [9.17, 15) is 9.59 Å². The Kier molecular flexibility index (Phi) is 5.51. The molecule has 1 aromatic carbocycles. The van der Waals surface area contributed by atoms with Crippen LogP contribution in [0.1, 0.15) is 15.9 Å². The standard InChI is InChI=1S/C9H8BrNO3.Na/c1-4-2-5(8(12)9(13)14)7(11)3-6(4)10;/h2-3H,11H2,1H3,(H,13,14);. The first kappa shape index (κ1) is 14.6. The van der Waals surface area contributed by atoms with Gasteiger partial charge in [-0.05, 0) is 24.6 Å². The SMILES string of the molecule is Cc1cc(C(=O)C(=O)O)c(N)cc1Br.[Na]. The van der Waals surface area contributed by atoms with Gasteiger partial charge in [0.1, 0.15) is 0 Å². The third kappa shape index (κ3) is 3.31. The largest absolute Gasteiger partial charge is 0.475 e. The molecule has 0 aliphatic heterocycles. The molecule has 0 spiro atoms. The molecule has 4 nitrogen and oxygen atoms in total. The molecule has 0 fully saturated rings. The summed E-state index contributed by atoms with van der Waals surface area (Å²) in [5.74, 6) is -2.49. The summed E-state index contributed by atoms with van der Waals surface area (Å²) < 4.78 is 0.747. The molecule has 1 radical (unpaired) electrons. The number of aliphatic carboxylic acids is 1. The van der Waals surface area contributed by atoms with Crippen LogP contribution in [0.2, 0.25) is 0 Å². The zero-order valence-electron chi connectivity index (χ0n) is 8.37. The Morgan fingerprint density at radius 1 is 1.40 bits per heavy atom. The van der Waals surface area contributed by atoms with Crippen molar-refractivity contribution in [2.75, 3.05) is 5.73 Å². The molecule has 3 N–H and O–H groups in total. The minimum atomic E-state index is -1.50. The molecule has 0 bridgehead atoms. The van der Waals surface area contributed by atoms with Gasteiger partial charge in [0.05, 0.1) is 5.56 Å². The van der Waals surface area contributed by atoms with Gasteiger partial charge in [-0.1, -0.05) is 15.9 Å². The van der Waals surface area contributed by atoms with Crippen LogP contribution < -0.4 is 5.73 Å². The second kappa shape index (κ2) is 5.65. The van der Waals surface area contributed by atoms with Crippen LogP contribution in [0.4, 0.5) is 5.69 Å². The summed E-state index contributed by atoms with van der Waals surface area (Å²) in [6, 6.07) is 2.97. The number of carbonyl (C=O) groups is 2. The summed E-state index contributed by atoms with van der Waals surface area (Å²) in [6.07, 6.45) is 0.